The van der Waals surface area contributed by atoms with Crippen molar-refractivity contribution in [2.45, 2.75) is 43.9 Å². The Hall–Kier alpha value is -2.10. The first-order valence-electron chi connectivity index (χ1n) is 10.6. The molecule has 1 fully saturated rings. The van der Waals surface area contributed by atoms with Crippen LogP contribution < -0.4 is 0 Å². The van der Waals surface area contributed by atoms with Gasteiger partial charge in [0.25, 0.3) is 0 Å². The van der Waals surface area contributed by atoms with Gasteiger partial charge in [0, 0.05) is 29.0 Å². The van der Waals surface area contributed by atoms with Crippen molar-refractivity contribution in [3.8, 4) is 5.69 Å². The second kappa shape index (κ2) is 9.80. The van der Waals surface area contributed by atoms with Crippen molar-refractivity contribution >= 4 is 38.8 Å². The van der Waals surface area contributed by atoms with E-state index in [1.165, 1.54) is 17.3 Å². The Morgan fingerprint density at radius 1 is 1.28 bits per heavy atom. The van der Waals surface area contributed by atoms with Crippen molar-refractivity contribution in [2.24, 2.45) is 0 Å². The number of nitrogens with zero attached hydrogens (tertiary/aromatic N) is 3. The van der Waals surface area contributed by atoms with E-state index in [1.807, 2.05) is 28.3 Å². The number of carbonyl (C=O) groups is 1. The molecule has 0 saturated carbocycles. The van der Waals surface area contributed by atoms with E-state index in [1.54, 1.807) is 22.4 Å². The molecule has 1 atom stereocenters. The van der Waals surface area contributed by atoms with Crippen LogP contribution in [0.5, 0.6) is 0 Å². The summed E-state index contributed by atoms with van der Waals surface area (Å²) in [5.41, 5.74) is 2.27. The summed E-state index contributed by atoms with van der Waals surface area (Å²) >= 11 is 2.96. The molecule has 1 saturated heterocycles. The van der Waals surface area contributed by atoms with Gasteiger partial charge in [-0.2, -0.15) is 0 Å². The Labute approximate surface area is 197 Å². The topological polar surface area (TPSA) is 72.3 Å². The van der Waals surface area contributed by atoms with Crippen LogP contribution in [0.25, 0.3) is 5.69 Å². The molecule has 0 spiro atoms. The summed E-state index contributed by atoms with van der Waals surface area (Å²) in [4.78, 5) is 20.4. The van der Waals surface area contributed by atoms with Crippen molar-refractivity contribution in [3.63, 3.8) is 0 Å². The van der Waals surface area contributed by atoms with Crippen LogP contribution in [0.2, 0.25) is 0 Å². The lowest BCUT2D eigenvalue weighted by atomic mass is 10.0. The van der Waals surface area contributed by atoms with E-state index in [0.717, 1.165) is 15.7 Å². The number of rotatable bonds is 8. The Balaban J connectivity index is 1.47. The summed E-state index contributed by atoms with van der Waals surface area (Å²) in [6.45, 7) is 4.77. The number of thioether (sulfide) groups is 1. The van der Waals surface area contributed by atoms with Crippen molar-refractivity contribution < 1.29 is 13.2 Å². The lowest BCUT2D eigenvalue weighted by molar-refractivity contribution is -0.130. The zero-order chi connectivity index (χ0) is 22.7. The summed E-state index contributed by atoms with van der Waals surface area (Å²) < 4.78 is 26.0. The lowest BCUT2D eigenvalue weighted by Crippen LogP contribution is -2.41. The minimum Gasteiger partial charge on any atom is -0.333 e. The van der Waals surface area contributed by atoms with Crippen LogP contribution in [0.15, 0.2) is 59.3 Å². The van der Waals surface area contributed by atoms with Gasteiger partial charge in [-0.3, -0.25) is 9.36 Å². The molecule has 6 nitrogen and oxygen atoms in total. The van der Waals surface area contributed by atoms with Crippen molar-refractivity contribution in [3.05, 3.63) is 64.6 Å². The molecule has 3 aromatic rings. The normalized spacial score (nSPS) is 17.7. The molecular formula is C23H27N3O3S3. The minimum absolute atomic E-state index is 0.0472. The standard InChI is InChI=1S/C23H27N3O3S3/c1-17(2)18-5-7-19(8-6-18)25-11-10-24-23(25)31-15-22(27)26(14-21-4-3-12-30-21)20-9-13-32(28,29)16-20/h3-8,10-12,17,20H,9,13-16H2,1-2H3/t20-/m0/s1. The van der Waals surface area contributed by atoms with Crippen LogP contribution in [0.4, 0.5) is 0 Å². The van der Waals surface area contributed by atoms with Gasteiger partial charge in [-0.1, -0.05) is 43.8 Å². The molecule has 1 aromatic carbocycles. The maximum atomic E-state index is 13.2. The third-order valence-electron chi connectivity index (χ3n) is 5.65. The highest BCUT2D eigenvalue weighted by molar-refractivity contribution is 7.99. The smallest absolute Gasteiger partial charge is 0.233 e. The Morgan fingerprint density at radius 2 is 2.06 bits per heavy atom. The van der Waals surface area contributed by atoms with Gasteiger partial charge >= 0.3 is 0 Å². The Bertz CT molecular complexity index is 1150. The van der Waals surface area contributed by atoms with Crippen molar-refractivity contribution in [2.75, 3.05) is 17.3 Å². The van der Waals surface area contributed by atoms with Gasteiger partial charge in [0.2, 0.25) is 5.91 Å². The fourth-order valence-corrected chi connectivity index (χ4v) is 7.13. The van der Waals surface area contributed by atoms with Gasteiger partial charge in [-0.25, -0.2) is 13.4 Å². The van der Waals surface area contributed by atoms with Crippen molar-refractivity contribution in [1.29, 1.82) is 0 Å². The number of imidazole rings is 1. The average molecular weight is 490 g/mol. The molecular weight excluding hydrogens is 462 g/mol. The fourth-order valence-electron chi connectivity index (χ4n) is 3.83. The molecule has 170 valence electrons. The fraction of sp³-hybridized carbons (Fsp3) is 0.391. The maximum Gasteiger partial charge on any atom is 0.233 e. The number of carbonyl (C=O) groups excluding carboxylic acids is 1. The number of sulfone groups is 1. The molecule has 0 aliphatic carbocycles. The van der Waals surface area contributed by atoms with E-state index in [0.29, 0.717) is 18.9 Å². The van der Waals surface area contributed by atoms with Crippen LogP contribution in [0.3, 0.4) is 0 Å². The highest BCUT2D eigenvalue weighted by Crippen LogP contribution is 2.26. The average Bonchev–Trinajstić information content (AvgIpc) is 3.51. The predicted molar refractivity (Wildman–Crippen MR) is 130 cm³/mol. The first kappa shape index (κ1) is 23.1. The zero-order valence-corrected chi connectivity index (χ0v) is 20.6. The van der Waals surface area contributed by atoms with E-state index >= 15 is 0 Å². The summed E-state index contributed by atoms with van der Waals surface area (Å²) in [5.74, 6) is 0.812. The highest BCUT2D eigenvalue weighted by atomic mass is 32.2. The molecule has 1 aliphatic heterocycles. The van der Waals surface area contributed by atoms with Crippen molar-refractivity contribution in [1.82, 2.24) is 14.5 Å². The molecule has 3 heterocycles. The maximum absolute atomic E-state index is 13.2. The van der Waals surface area contributed by atoms with E-state index in [2.05, 4.69) is 43.1 Å². The number of thiophene rings is 1. The first-order chi connectivity index (χ1) is 15.3. The highest BCUT2D eigenvalue weighted by Gasteiger charge is 2.34. The van der Waals surface area contributed by atoms with Crippen LogP contribution in [-0.2, 0) is 21.2 Å². The number of aromatic nitrogens is 2. The molecule has 0 bridgehead atoms. The molecule has 0 unspecified atom stereocenters. The summed E-state index contributed by atoms with van der Waals surface area (Å²) in [7, 11) is -3.08. The first-order valence-corrected chi connectivity index (χ1v) is 14.3. The summed E-state index contributed by atoms with van der Waals surface area (Å²) in [6.07, 6.45) is 4.13. The van der Waals surface area contributed by atoms with E-state index in [-0.39, 0.29) is 29.2 Å². The van der Waals surface area contributed by atoms with Crippen LogP contribution in [0.1, 0.15) is 36.6 Å². The molecule has 1 amide bonds. The third kappa shape index (κ3) is 5.44. The zero-order valence-electron chi connectivity index (χ0n) is 18.2. The largest absolute Gasteiger partial charge is 0.333 e. The van der Waals surface area contributed by atoms with Crippen LogP contribution >= 0.6 is 23.1 Å². The molecule has 4 rings (SSSR count). The van der Waals surface area contributed by atoms with E-state index in [9.17, 15) is 13.2 Å². The second-order valence-corrected chi connectivity index (χ2v) is 12.5. The molecule has 9 heteroatoms. The molecule has 1 aliphatic rings. The monoisotopic (exact) mass is 489 g/mol. The van der Waals surface area contributed by atoms with Gasteiger partial charge < -0.3 is 4.90 Å². The Kier molecular flexibility index (Phi) is 7.07. The van der Waals surface area contributed by atoms with Crippen LogP contribution in [0, 0.1) is 0 Å². The van der Waals surface area contributed by atoms with Gasteiger partial charge in [-0.15, -0.1) is 11.3 Å². The summed E-state index contributed by atoms with van der Waals surface area (Å²) in [6, 6.07) is 12.0. The predicted octanol–water partition coefficient (Wildman–Crippen LogP) is 4.37. The van der Waals surface area contributed by atoms with Crippen LogP contribution in [-0.4, -0.2) is 52.1 Å². The van der Waals surface area contributed by atoms with Gasteiger partial charge in [-0.05, 0) is 41.5 Å². The minimum atomic E-state index is -3.08. The SMILES string of the molecule is CC(C)c1ccc(-n2ccnc2SCC(=O)N(Cc2cccs2)[C@H]2CCS(=O)(=O)C2)cc1. The third-order valence-corrected chi connectivity index (χ3v) is 9.21. The number of hydrogen-bond acceptors (Lipinski definition) is 6. The van der Waals surface area contributed by atoms with Gasteiger partial charge in [0.1, 0.15) is 0 Å². The van der Waals surface area contributed by atoms with Gasteiger partial charge in [0.05, 0.1) is 23.8 Å². The Morgan fingerprint density at radius 3 is 2.69 bits per heavy atom. The van der Waals surface area contributed by atoms with E-state index in [4.69, 9.17) is 0 Å². The molecule has 0 radical (unpaired) electrons. The number of benzene rings is 1. The number of amides is 1. The molecule has 32 heavy (non-hydrogen) atoms. The van der Waals surface area contributed by atoms with Gasteiger partial charge in [0.15, 0.2) is 15.0 Å². The molecule has 2 aromatic heterocycles. The van der Waals surface area contributed by atoms with E-state index < -0.39 is 9.84 Å². The molecule has 0 N–H and O–H groups in total. The summed E-state index contributed by atoms with van der Waals surface area (Å²) in [5, 5.41) is 2.71. The quantitative estimate of drug-likeness (QED) is 0.440. The lowest BCUT2D eigenvalue weighted by Gasteiger charge is -2.27. The number of hydrogen-bond donors (Lipinski definition) is 0. The second-order valence-electron chi connectivity index (χ2n) is 8.27.